The van der Waals surface area contributed by atoms with E-state index in [0.29, 0.717) is 5.92 Å². The number of pyridine rings is 1. The molecule has 0 atom stereocenters. The average molecular weight is 274 g/mol. The van der Waals surface area contributed by atoms with Crippen LogP contribution in [0.5, 0.6) is 0 Å². The molecule has 1 aliphatic heterocycles. The fourth-order valence-electron chi connectivity index (χ4n) is 3.50. The third-order valence-electron chi connectivity index (χ3n) is 4.64. The summed E-state index contributed by atoms with van der Waals surface area (Å²) in [7, 11) is 0. The molecule has 1 aromatic heterocycles. The van der Waals surface area contributed by atoms with Gasteiger partial charge in [-0.2, -0.15) is 4.57 Å². The predicted octanol–water partition coefficient (Wildman–Crippen LogP) is 4.59. The van der Waals surface area contributed by atoms with E-state index < -0.39 is 0 Å². The molecule has 104 valence electrons. The molecule has 21 heavy (non-hydrogen) atoms. The van der Waals surface area contributed by atoms with Gasteiger partial charge in [0, 0.05) is 11.1 Å². The summed E-state index contributed by atoms with van der Waals surface area (Å²) >= 11 is 0. The minimum Gasteiger partial charge on any atom is -0.193 e. The second-order valence-corrected chi connectivity index (χ2v) is 6.41. The predicted molar refractivity (Wildman–Crippen MR) is 87.5 cm³/mol. The minimum atomic E-state index is 0.586. The number of rotatable bonds is 1. The summed E-state index contributed by atoms with van der Waals surface area (Å²) in [4.78, 5) is 0. The van der Waals surface area contributed by atoms with Gasteiger partial charge in [0.15, 0.2) is 12.7 Å². The first-order valence-electron chi connectivity index (χ1n) is 7.70. The summed E-state index contributed by atoms with van der Waals surface area (Å²) in [5, 5.41) is 2.73. The molecule has 1 nitrogen and oxygen atoms in total. The summed E-state index contributed by atoms with van der Waals surface area (Å²) < 4.78 is 2.41. The van der Waals surface area contributed by atoms with E-state index in [4.69, 9.17) is 0 Å². The van der Waals surface area contributed by atoms with Gasteiger partial charge in [-0.05, 0) is 42.0 Å². The Balaban J connectivity index is 2.02. The van der Waals surface area contributed by atoms with Crippen LogP contribution in [-0.2, 0) is 6.54 Å². The number of aryl methyl sites for hydroxylation is 1. The van der Waals surface area contributed by atoms with E-state index >= 15 is 0 Å². The van der Waals surface area contributed by atoms with Gasteiger partial charge in [0.05, 0.1) is 10.9 Å². The van der Waals surface area contributed by atoms with E-state index in [9.17, 15) is 0 Å². The van der Waals surface area contributed by atoms with Gasteiger partial charge in [-0.25, -0.2) is 0 Å². The molecule has 2 aromatic carbocycles. The van der Waals surface area contributed by atoms with Crippen molar-refractivity contribution in [3.8, 4) is 11.3 Å². The van der Waals surface area contributed by atoms with Gasteiger partial charge in [-0.1, -0.05) is 38.1 Å². The van der Waals surface area contributed by atoms with E-state index in [-0.39, 0.29) is 0 Å². The molecular formula is C20H20N+. The molecule has 1 heteroatoms. The van der Waals surface area contributed by atoms with Crippen molar-refractivity contribution < 1.29 is 4.57 Å². The van der Waals surface area contributed by atoms with Crippen molar-refractivity contribution in [1.82, 2.24) is 0 Å². The number of fused-ring (bicyclic) bond motifs is 5. The van der Waals surface area contributed by atoms with Crippen molar-refractivity contribution in [3.05, 3.63) is 65.4 Å². The van der Waals surface area contributed by atoms with E-state index in [1.165, 1.54) is 38.7 Å². The smallest absolute Gasteiger partial charge is 0.193 e. The van der Waals surface area contributed by atoms with Gasteiger partial charge < -0.3 is 0 Å². The lowest BCUT2D eigenvalue weighted by molar-refractivity contribution is -0.671. The molecule has 0 bridgehead atoms. The van der Waals surface area contributed by atoms with Crippen molar-refractivity contribution in [1.29, 1.82) is 0 Å². The normalized spacial score (nSPS) is 12.8. The van der Waals surface area contributed by atoms with Gasteiger partial charge >= 0.3 is 0 Å². The van der Waals surface area contributed by atoms with Gasteiger partial charge in [0.2, 0.25) is 5.69 Å². The maximum atomic E-state index is 2.41. The Kier molecular flexibility index (Phi) is 2.65. The molecule has 0 amide bonds. The summed E-state index contributed by atoms with van der Waals surface area (Å²) in [5.74, 6) is 0.586. The van der Waals surface area contributed by atoms with Crippen LogP contribution in [0.2, 0.25) is 0 Å². The van der Waals surface area contributed by atoms with Crippen LogP contribution in [0.25, 0.3) is 22.0 Å². The van der Waals surface area contributed by atoms with E-state index in [1.807, 2.05) is 0 Å². The highest BCUT2D eigenvalue weighted by atomic mass is 15.0. The van der Waals surface area contributed by atoms with Gasteiger partial charge in [0.1, 0.15) is 0 Å². The maximum absolute atomic E-state index is 2.41. The second kappa shape index (κ2) is 4.42. The van der Waals surface area contributed by atoms with Crippen LogP contribution in [0.4, 0.5) is 0 Å². The van der Waals surface area contributed by atoms with Crippen LogP contribution in [0, 0.1) is 6.92 Å². The van der Waals surface area contributed by atoms with Crippen LogP contribution in [0.1, 0.15) is 36.5 Å². The van der Waals surface area contributed by atoms with Crippen molar-refractivity contribution in [2.45, 2.75) is 33.2 Å². The third-order valence-corrected chi connectivity index (χ3v) is 4.64. The molecule has 0 saturated heterocycles. The molecule has 2 heterocycles. The van der Waals surface area contributed by atoms with E-state index in [2.05, 4.69) is 74.0 Å². The topological polar surface area (TPSA) is 3.88 Å². The highest BCUT2D eigenvalue weighted by Crippen LogP contribution is 2.35. The van der Waals surface area contributed by atoms with Crippen LogP contribution in [0.15, 0.2) is 48.7 Å². The Morgan fingerprint density at radius 3 is 2.52 bits per heavy atom. The third kappa shape index (κ3) is 1.80. The largest absolute Gasteiger partial charge is 0.221 e. The first-order chi connectivity index (χ1) is 10.1. The molecule has 0 radical (unpaired) electrons. The SMILES string of the molecule is Cc1c[n+]2c(c3ccccc13)-c1ccc(C(C)C)cc1C2. The zero-order chi connectivity index (χ0) is 14.6. The summed E-state index contributed by atoms with van der Waals surface area (Å²) in [5.41, 5.74) is 7.02. The molecule has 0 saturated carbocycles. The number of benzene rings is 2. The lowest BCUT2D eigenvalue weighted by Crippen LogP contribution is -2.32. The Labute approximate surface area is 125 Å². The van der Waals surface area contributed by atoms with Crippen molar-refractivity contribution in [3.63, 3.8) is 0 Å². The molecule has 0 N–H and O–H groups in total. The monoisotopic (exact) mass is 274 g/mol. The molecule has 0 aliphatic carbocycles. The lowest BCUT2D eigenvalue weighted by atomic mass is 9.96. The number of hydrogen-bond acceptors (Lipinski definition) is 0. The maximum Gasteiger partial charge on any atom is 0.221 e. The van der Waals surface area contributed by atoms with Crippen LogP contribution in [0.3, 0.4) is 0 Å². The Morgan fingerprint density at radius 1 is 1.00 bits per heavy atom. The quantitative estimate of drug-likeness (QED) is 0.447. The van der Waals surface area contributed by atoms with Crippen molar-refractivity contribution >= 4 is 10.8 Å². The fourth-order valence-corrected chi connectivity index (χ4v) is 3.50. The lowest BCUT2D eigenvalue weighted by Gasteiger charge is -2.06. The summed E-state index contributed by atoms with van der Waals surface area (Å²) in [6, 6.07) is 15.7. The van der Waals surface area contributed by atoms with Gasteiger partial charge in [0.25, 0.3) is 0 Å². The Hall–Kier alpha value is -2.15. The second-order valence-electron chi connectivity index (χ2n) is 6.41. The molecule has 0 unspecified atom stereocenters. The number of nitrogens with zero attached hydrogens (tertiary/aromatic N) is 1. The number of aromatic nitrogens is 1. The Morgan fingerprint density at radius 2 is 1.76 bits per heavy atom. The van der Waals surface area contributed by atoms with E-state index in [1.54, 1.807) is 0 Å². The zero-order valence-electron chi connectivity index (χ0n) is 12.9. The summed E-state index contributed by atoms with van der Waals surface area (Å²) in [6.07, 6.45) is 2.30. The standard InChI is InChI=1S/C20H20N/c1-13(2)15-8-9-18-16(10-15)12-21-11-14(3)17-6-4-5-7-19(17)20(18)21/h4-11,13H,12H2,1-3H3/q+1. The highest BCUT2D eigenvalue weighted by Gasteiger charge is 2.29. The van der Waals surface area contributed by atoms with Gasteiger partial charge in [-0.3, -0.25) is 0 Å². The van der Waals surface area contributed by atoms with Crippen LogP contribution in [-0.4, -0.2) is 0 Å². The Bertz CT molecular complexity index is 859. The highest BCUT2D eigenvalue weighted by molar-refractivity contribution is 5.95. The molecule has 0 spiro atoms. The molecule has 1 aliphatic rings. The summed E-state index contributed by atoms with van der Waals surface area (Å²) in [6.45, 7) is 7.72. The van der Waals surface area contributed by atoms with Crippen molar-refractivity contribution in [2.75, 3.05) is 0 Å². The first-order valence-corrected chi connectivity index (χ1v) is 7.70. The average Bonchev–Trinajstić information content (AvgIpc) is 2.84. The van der Waals surface area contributed by atoms with E-state index in [0.717, 1.165) is 6.54 Å². The van der Waals surface area contributed by atoms with Gasteiger partial charge in [-0.15, -0.1) is 0 Å². The zero-order valence-corrected chi connectivity index (χ0v) is 12.9. The van der Waals surface area contributed by atoms with Crippen LogP contribution >= 0.6 is 0 Å². The molecule has 3 aromatic rings. The molecular weight excluding hydrogens is 254 g/mol. The fraction of sp³-hybridized carbons (Fsp3) is 0.250. The minimum absolute atomic E-state index is 0.586. The molecule has 4 rings (SSSR count). The van der Waals surface area contributed by atoms with Crippen LogP contribution < -0.4 is 4.57 Å². The first kappa shape index (κ1) is 12.6. The molecule has 0 fully saturated rings. The van der Waals surface area contributed by atoms with Crippen molar-refractivity contribution in [2.24, 2.45) is 0 Å². The number of hydrogen-bond donors (Lipinski definition) is 0.